The van der Waals surface area contributed by atoms with Crippen LogP contribution in [0, 0.1) is 11.3 Å². The summed E-state index contributed by atoms with van der Waals surface area (Å²) in [5.74, 6) is 0. The first kappa shape index (κ1) is 16.1. The van der Waals surface area contributed by atoms with Crippen molar-refractivity contribution in [2.45, 2.75) is 25.2 Å². The SMILES string of the molecule is N#Cc1ccc(NCCCC(F)(F)F)cc1C(F)(F)F. The van der Waals surface area contributed by atoms with Gasteiger partial charge in [0.05, 0.1) is 17.2 Å². The molecular weight excluding hydrogens is 286 g/mol. The maximum atomic E-state index is 12.6. The Hall–Kier alpha value is -1.91. The predicted octanol–water partition coefficient (Wildman–Crippen LogP) is 4.33. The lowest BCUT2D eigenvalue weighted by Gasteiger charge is -2.12. The van der Waals surface area contributed by atoms with E-state index in [1.165, 1.54) is 12.1 Å². The van der Waals surface area contributed by atoms with E-state index in [9.17, 15) is 26.3 Å². The summed E-state index contributed by atoms with van der Waals surface area (Å²) in [5.41, 5.74) is -1.61. The number of nitrogens with zero attached hydrogens (tertiary/aromatic N) is 1. The maximum absolute atomic E-state index is 12.6. The Morgan fingerprint density at radius 2 is 1.75 bits per heavy atom. The van der Waals surface area contributed by atoms with Crippen molar-refractivity contribution in [2.24, 2.45) is 0 Å². The van der Waals surface area contributed by atoms with Crippen LogP contribution in [0.25, 0.3) is 0 Å². The van der Waals surface area contributed by atoms with Crippen LogP contribution >= 0.6 is 0 Å². The molecule has 0 aliphatic carbocycles. The third-order valence-corrected chi connectivity index (χ3v) is 2.41. The first-order valence-corrected chi connectivity index (χ1v) is 5.55. The molecule has 1 rings (SSSR count). The number of hydrogen-bond donors (Lipinski definition) is 1. The molecule has 0 aliphatic heterocycles. The Balaban J connectivity index is 2.72. The van der Waals surface area contributed by atoms with Gasteiger partial charge in [-0.05, 0) is 24.6 Å². The molecule has 1 aromatic carbocycles. The fourth-order valence-corrected chi connectivity index (χ4v) is 1.51. The zero-order chi connectivity index (χ0) is 15.4. The molecule has 8 heteroatoms. The van der Waals surface area contributed by atoms with Crippen LogP contribution in [0.2, 0.25) is 0 Å². The first-order valence-electron chi connectivity index (χ1n) is 5.55. The Morgan fingerprint density at radius 1 is 1.10 bits per heavy atom. The highest BCUT2D eigenvalue weighted by molar-refractivity contribution is 5.53. The molecule has 1 aromatic rings. The average Bonchev–Trinajstić information content (AvgIpc) is 2.32. The van der Waals surface area contributed by atoms with E-state index >= 15 is 0 Å². The average molecular weight is 296 g/mol. The molecule has 0 spiro atoms. The minimum Gasteiger partial charge on any atom is -0.385 e. The summed E-state index contributed by atoms with van der Waals surface area (Å²) in [6.07, 6.45) is -10.2. The number of hydrogen-bond acceptors (Lipinski definition) is 2. The quantitative estimate of drug-likeness (QED) is 0.663. The number of rotatable bonds is 4. The van der Waals surface area contributed by atoms with E-state index < -0.39 is 29.9 Å². The third-order valence-electron chi connectivity index (χ3n) is 2.41. The van der Waals surface area contributed by atoms with Crippen LogP contribution in [0.1, 0.15) is 24.0 Å². The molecule has 0 fully saturated rings. The van der Waals surface area contributed by atoms with Crippen LogP contribution in [-0.2, 0) is 6.18 Å². The molecule has 0 bridgehead atoms. The summed E-state index contributed by atoms with van der Waals surface area (Å²) in [7, 11) is 0. The lowest BCUT2D eigenvalue weighted by molar-refractivity contribution is -0.137. The van der Waals surface area contributed by atoms with Crippen molar-refractivity contribution in [1.82, 2.24) is 0 Å². The largest absolute Gasteiger partial charge is 0.417 e. The number of nitrogens with one attached hydrogen (secondary N) is 1. The van der Waals surface area contributed by atoms with E-state index in [1.54, 1.807) is 0 Å². The van der Waals surface area contributed by atoms with Crippen LogP contribution in [-0.4, -0.2) is 12.7 Å². The van der Waals surface area contributed by atoms with Crippen LogP contribution in [0.3, 0.4) is 0 Å². The first-order chi connectivity index (χ1) is 9.13. The van der Waals surface area contributed by atoms with Crippen molar-refractivity contribution in [3.05, 3.63) is 29.3 Å². The number of anilines is 1. The van der Waals surface area contributed by atoms with Crippen molar-refractivity contribution in [2.75, 3.05) is 11.9 Å². The van der Waals surface area contributed by atoms with Gasteiger partial charge >= 0.3 is 12.4 Å². The summed E-state index contributed by atoms with van der Waals surface area (Å²) in [5, 5.41) is 11.1. The highest BCUT2D eigenvalue weighted by Crippen LogP contribution is 2.33. The maximum Gasteiger partial charge on any atom is 0.417 e. The Kier molecular flexibility index (Phi) is 4.87. The molecule has 2 nitrogen and oxygen atoms in total. The fourth-order valence-electron chi connectivity index (χ4n) is 1.51. The van der Waals surface area contributed by atoms with Crippen LogP contribution in [0.15, 0.2) is 18.2 Å². The van der Waals surface area contributed by atoms with Gasteiger partial charge in [0.25, 0.3) is 0 Å². The number of alkyl halides is 6. The van der Waals surface area contributed by atoms with Gasteiger partial charge in [0.15, 0.2) is 0 Å². The van der Waals surface area contributed by atoms with E-state index in [0.717, 1.165) is 6.07 Å². The van der Waals surface area contributed by atoms with Gasteiger partial charge in [-0.1, -0.05) is 0 Å². The molecule has 0 heterocycles. The molecular formula is C12H10F6N2. The van der Waals surface area contributed by atoms with Gasteiger partial charge in [-0.2, -0.15) is 31.6 Å². The molecule has 0 radical (unpaired) electrons. The molecule has 0 atom stereocenters. The summed E-state index contributed by atoms with van der Waals surface area (Å²) >= 11 is 0. The second-order valence-corrected chi connectivity index (χ2v) is 4.02. The van der Waals surface area contributed by atoms with E-state index in [1.807, 2.05) is 0 Å². The molecule has 110 valence electrons. The normalized spacial score (nSPS) is 12.1. The molecule has 0 saturated heterocycles. The number of halogens is 6. The molecule has 0 aliphatic rings. The summed E-state index contributed by atoms with van der Waals surface area (Å²) < 4.78 is 73.6. The molecule has 0 aromatic heterocycles. The topological polar surface area (TPSA) is 35.8 Å². The molecule has 0 unspecified atom stereocenters. The van der Waals surface area contributed by atoms with E-state index in [-0.39, 0.29) is 18.7 Å². The predicted molar refractivity (Wildman–Crippen MR) is 59.9 cm³/mol. The van der Waals surface area contributed by atoms with Gasteiger partial charge in [-0.15, -0.1) is 0 Å². The van der Waals surface area contributed by atoms with Crippen molar-refractivity contribution in [3.63, 3.8) is 0 Å². The Labute approximate surface area is 111 Å². The zero-order valence-corrected chi connectivity index (χ0v) is 10.1. The third kappa shape index (κ3) is 4.99. The van der Waals surface area contributed by atoms with Crippen molar-refractivity contribution < 1.29 is 26.3 Å². The lowest BCUT2D eigenvalue weighted by atomic mass is 10.1. The smallest absolute Gasteiger partial charge is 0.385 e. The number of nitriles is 1. The van der Waals surface area contributed by atoms with E-state index in [0.29, 0.717) is 6.07 Å². The zero-order valence-electron chi connectivity index (χ0n) is 10.1. The van der Waals surface area contributed by atoms with Gasteiger partial charge < -0.3 is 5.32 Å². The summed E-state index contributed by atoms with van der Waals surface area (Å²) in [6, 6.07) is 4.34. The van der Waals surface area contributed by atoms with Crippen molar-refractivity contribution in [3.8, 4) is 6.07 Å². The van der Waals surface area contributed by atoms with Gasteiger partial charge in [-0.25, -0.2) is 0 Å². The summed E-state index contributed by atoms with van der Waals surface area (Å²) in [4.78, 5) is 0. The highest BCUT2D eigenvalue weighted by Gasteiger charge is 2.33. The molecule has 20 heavy (non-hydrogen) atoms. The molecule has 0 saturated carbocycles. The van der Waals surface area contributed by atoms with Gasteiger partial charge in [-0.3, -0.25) is 0 Å². The molecule has 1 N–H and O–H groups in total. The van der Waals surface area contributed by atoms with Crippen LogP contribution < -0.4 is 5.32 Å². The van der Waals surface area contributed by atoms with Crippen molar-refractivity contribution >= 4 is 5.69 Å². The monoisotopic (exact) mass is 296 g/mol. The standard InChI is InChI=1S/C12H10F6N2/c13-11(14,15)4-1-5-20-9-3-2-8(7-19)10(6-9)12(16,17)18/h2-3,6,20H,1,4-5H2. The highest BCUT2D eigenvalue weighted by atomic mass is 19.4. The lowest BCUT2D eigenvalue weighted by Crippen LogP contribution is -2.12. The second-order valence-electron chi connectivity index (χ2n) is 4.02. The van der Waals surface area contributed by atoms with E-state index in [4.69, 9.17) is 5.26 Å². The second kappa shape index (κ2) is 6.03. The van der Waals surface area contributed by atoms with Gasteiger partial charge in [0, 0.05) is 18.7 Å². The van der Waals surface area contributed by atoms with Gasteiger partial charge in [0.1, 0.15) is 0 Å². The fraction of sp³-hybridized carbons (Fsp3) is 0.417. The van der Waals surface area contributed by atoms with E-state index in [2.05, 4.69) is 5.32 Å². The summed E-state index contributed by atoms with van der Waals surface area (Å²) in [6.45, 7) is -0.108. The Morgan fingerprint density at radius 3 is 2.25 bits per heavy atom. The van der Waals surface area contributed by atoms with Crippen LogP contribution in [0.5, 0.6) is 0 Å². The number of benzene rings is 1. The van der Waals surface area contributed by atoms with Crippen molar-refractivity contribution in [1.29, 1.82) is 5.26 Å². The Bertz CT molecular complexity index is 498. The molecule has 0 amide bonds. The van der Waals surface area contributed by atoms with Gasteiger partial charge in [0.2, 0.25) is 0 Å². The minimum absolute atomic E-state index is 0.0264. The minimum atomic E-state index is -4.69. The van der Waals surface area contributed by atoms with Crippen LogP contribution in [0.4, 0.5) is 32.0 Å².